The highest BCUT2D eigenvalue weighted by atomic mass is 32.2. The molecular formula is C13H12O2S2. The molecule has 0 aliphatic heterocycles. The fraction of sp³-hybridized carbons (Fsp3) is 0.0769. The van der Waals surface area contributed by atoms with Crippen LogP contribution in [0.4, 0.5) is 0 Å². The maximum absolute atomic E-state index is 12.2. The summed E-state index contributed by atoms with van der Waals surface area (Å²) in [4.78, 5) is 1.56. The summed E-state index contributed by atoms with van der Waals surface area (Å²) in [7, 11) is -3.40. The van der Waals surface area contributed by atoms with E-state index >= 15 is 0 Å². The van der Waals surface area contributed by atoms with Crippen LogP contribution in [0, 0.1) is 0 Å². The van der Waals surface area contributed by atoms with Gasteiger partial charge in [0.25, 0.3) is 0 Å². The normalized spacial score (nSPS) is 11.3. The number of allylic oxidation sites excluding steroid dienone is 1. The second-order valence-corrected chi connectivity index (χ2v) is 6.70. The van der Waals surface area contributed by atoms with Gasteiger partial charge < -0.3 is 0 Å². The predicted molar refractivity (Wildman–Crippen MR) is 70.8 cm³/mol. The Balaban J connectivity index is 2.25. The molecule has 1 aromatic carbocycles. The summed E-state index contributed by atoms with van der Waals surface area (Å²) in [5.74, 6) is 0. The summed E-state index contributed by atoms with van der Waals surface area (Å²) >= 11 is 1.54. The zero-order valence-electron chi connectivity index (χ0n) is 9.17. The zero-order valence-corrected chi connectivity index (χ0v) is 10.8. The molecule has 0 aliphatic carbocycles. The Labute approximate surface area is 105 Å². The van der Waals surface area contributed by atoms with Gasteiger partial charge in [-0.05, 0) is 23.6 Å². The average Bonchev–Trinajstić information content (AvgIpc) is 2.83. The van der Waals surface area contributed by atoms with Gasteiger partial charge in [-0.15, -0.1) is 11.3 Å². The summed E-state index contributed by atoms with van der Waals surface area (Å²) in [6.07, 6.45) is 0.384. The molecule has 1 aromatic heterocycles. The maximum Gasteiger partial charge on any atom is 0.202 e. The largest absolute Gasteiger partial charge is 0.219 e. The van der Waals surface area contributed by atoms with E-state index < -0.39 is 9.84 Å². The van der Waals surface area contributed by atoms with E-state index in [2.05, 4.69) is 6.58 Å². The molecule has 88 valence electrons. The Morgan fingerprint density at radius 3 is 2.41 bits per heavy atom. The monoisotopic (exact) mass is 264 g/mol. The summed E-state index contributed by atoms with van der Waals surface area (Å²) in [6.45, 7) is 3.70. The van der Waals surface area contributed by atoms with E-state index in [9.17, 15) is 8.42 Å². The molecule has 0 aliphatic rings. The summed E-state index contributed by atoms with van der Waals surface area (Å²) in [6, 6.07) is 12.2. The molecular weight excluding hydrogens is 252 g/mol. The number of rotatable bonds is 4. The molecule has 0 saturated carbocycles. The van der Waals surface area contributed by atoms with Crippen LogP contribution in [0.5, 0.6) is 0 Å². The molecule has 2 aromatic rings. The smallest absolute Gasteiger partial charge is 0.202 e. The van der Waals surface area contributed by atoms with Gasteiger partial charge >= 0.3 is 0 Å². The van der Waals surface area contributed by atoms with Crippen molar-refractivity contribution in [1.82, 2.24) is 0 Å². The first-order valence-corrected chi connectivity index (χ1v) is 7.47. The summed E-state index contributed by atoms with van der Waals surface area (Å²) in [5.41, 5.74) is 0. The van der Waals surface area contributed by atoms with Crippen LogP contribution in [-0.2, 0) is 16.3 Å². The van der Waals surface area contributed by atoms with Gasteiger partial charge in [0.05, 0.1) is 4.90 Å². The van der Waals surface area contributed by atoms with E-state index in [1.54, 1.807) is 30.3 Å². The first-order chi connectivity index (χ1) is 8.10. The van der Waals surface area contributed by atoms with E-state index in [-0.39, 0.29) is 4.91 Å². The number of sulfone groups is 1. The minimum Gasteiger partial charge on any atom is -0.219 e. The van der Waals surface area contributed by atoms with Crippen LogP contribution in [0.3, 0.4) is 0 Å². The second kappa shape index (κ2) is 4.85. The molecule has 0 bridgehead atoms. The van der Waals surface area contributed by atoms with Crippen molar-refractivity contribution in [2.45, 2.75) is 11.3 Å². The van der Waals surface area contributed by atoms with Crippen molar-refractivity contribution < 1.29 is 8.42 Å². The lowest BCUT2D eigenvalue weighted by atomic mass is 10.3. The Hall–Kier alpha value is -1.39. The second-order valence-electron chi connectivity index (χ2n) is 3.61. The highest BCUT2D eigenvalue weighted by Gasteiger charge is 2.18. The van der Waals surface area contributed by atoms with Gasteiger partial charge in [-0.1, -0.05) is 30.8 Å². The van der Waals surface area contributed by atoms with E-state index in [0.717, 1.165) is 4.88 Å². The topological polar surface area (TPSA) is 34.1 Å². The highest BCUT2D eigenvalue weighted by molar-refractivity contribution is 7.95. The van der Waals surface area contributed by atoms with Gasteiger partial charge in [-0.2, -0.15) is 0 Å². The lowest BCUT2D eigenvalue weighted by molar-refractivity contribution is 0.601. The fourth-order valence-electron chi connectivity index (χ4n) is 1.47. The molecule has 0 amide bonds. The van der Waals surface area contributed by atoms with Crippen molar-refractivity contribution in [3.63, 3.8) is 0 Å². The molecule has 0 unspecified atom stereocenters. The Morgan fingerprint density at radius 2 is 1.82 bits per heavy atom. The Morgan fingerprint density at radius 1 is 1.12 bits per heavy atom. The van der Waals surface area contributed by atoms with E-state index in [1.165, 1.54) is 11.3 Å². The third-order valence-corrected chi connectivity index (χ3v) is 5.06. The molecule has 0 radical (unpaired) electrons. The zero-order chi connectivity index (χ0) is 12.3. The van der Waals surface area contributed by atoms with Gasteiger partial charge in [-0.25, -0.2) is 8.42 Å². The number of benzene rings is 1. The Kier molecular flexibility index (Phi) is 3.45. The van der Waals surface area contributed by atoms with Crippen LogP contribution in [0.15, 0.2) is 64.2 Å². The number of hydrogen-bond donors (Lipinski definition) is 0. The number of thiophene rings is 1. The van der Waals surface area contributed by atoms with Crippen LogP contribution in [0.2, 0.25) is 0 Å². The molecule has 0 fully saturated rings. The van der Waals surface area contributed by atoms with Gasteiger partial charge in [0.2, 0.25) is 9.84 Å². The van der Waals surface area contributed by atoms with Crippen molar-refractivity contribution in [2.24, 2.45) is 0 Å². The maximum atomic E-state index is 12.2. The van der Waals surface area contributed by atoms with E-state index in [1.807, 2.05) is 17.5 Å². The average molecular weight is 264 g/mol. The molecule has 0 atom stereocenters. The molecule has 4 heteroatoms. The molecule has 2 nitrogen and oxygen atoms in total. The molecule has 0 saturated heterocycles. The fourth-order valence-corrected chi connectivity index (χ4v) is 3.50. The minimum atomic E-state index is -3.40. The highest BCUT2D eigenvalue weighted by Crippen LogP contribution is 2.22. The number of hydrogen-bond acceptors (Lipinski definition) is 3. The van der Waals surface area contributed by atoms with Crippen molar-refractivity contribution in [1.29, 1.82) is 0 Å². The van der Waals surface area contributed by atoms with Crippen molar-refractivity contribution in [2.75, 3.05) is 0 Å². The van der Waals surface area contributed by atoms with Crippen LogP contribution in [0.25, 0.3) is 0 Å². The molecule has 1 heterocycles. The summed E-state index contributed by atoms with van der Waals surface area (Å²) in [5, 5.41) is 1.93. The molecule has 17 heavy (non-hydrogen) atoms. The van der Waals surface area contributed by atoms with Crippen molar-refractivity contribution in [3.05, 3.63) is 64.2 Å². The molecule has 0 N–H and O–H groups in total. The lowest BCUT2D eigenvalue weighted by Gasteiger charge is -2.06. The van der Waals surface area contributed by atoms with Crippen LogP contribution in [0.1, 0.15) is 4.88 Å². The van der Waals surface area contributed by atoms with Gasteiger partial charge in [-0.3, -0.25) is 0 Å². The van der Waals surface area contributed by atoms with Crippen molar-refractivity contribution >= 4 is 21.2 Å². The molecule has 2 rings (SSSR count). The minimum absolute atomic E-state index is 0.242. The van der Waals surface area contributed by atoms with E-state index in [4.69, 9.17) is 0 Å². The van der Waals surface area contributed by atoms with Gasteiger partial charge in [0.15, 0.2) is 0 Å². The van der Waals surface area contributed by atoms with Crippen LogP contribution < -0.4 is 0 Å². The summed E-state index contributed by atoms with van der Waals surface area (Å²) < 4.78 is 24.3. The third kappa shape index (κ3) is 2.65. The lowest BCUT2D eigenvalue weighted by Crippen LogP contribution is -2.05. The quantitative estimate of drug-likeness (QED) is 0.849. The van der Waals surface area contributed by atoms with Gasteiger partial charge in [0, 0.05) is 16.2 Å². The van der Waals surface area contributed by atoms with Crippen molar-refractivity contribution in [3.8, 4) is 0 Å². The standard InChI is InChI=1S/C13H12O2S2/c1-11(10-12-6-5-9-16-12)17(14,15)13-7-3-2-4-8-13/h2-9H,1,10H2. The third-order valence-electron chi connectivity index (χ3n) is 2.39. The van der Waals surface area contributed by atoms with E-state index in [0.29, 0.717) is 11.3 Å². The molecule has 0 spiro atoms. The SMILES string of the molecule is C=C(Cc1cccs1)S(=O)(=O)c1ccccc1. The van der Waals surface area contributed by atoms with Gasteiger partial charge in [0.1, 0.15) is 0 Å². The first kappa shape index (κ1) is 12.1. The predicted octanol–water partition coefficient (Wildman–Crippen LogP) is 3.28. The van der Waals surface area contributed by atoms with Crippen LogP contribution in [-0.4, -0.2) is 8.42 Å². The van der Waals surface area contributed by atoms with Crippen LogP contribution >= 0.6 is 11.3 Å². The Bertz CT molecular complexity index is 596. The first-order valence-electron chi connectivity index (χ1n) is 5.11.